The van der Waals surface area contributed by atoms with Gasteiger partial charge >= 0.3 is 0 Å². The maximum absolute atomic E-state index is 11.2. The highest BCUT2D eigenvalue weighted by molar-refractivity contribution is 5.73. The van der Waals surface area contributed by atoms with Crippen molar-refractivity contribution >= 4 is 17.1 Å². The smallest absolute Gasteiger partial charge is 0.296 e. The van der Waals surface area contributed by atoms with E-state index >= 15 is 0 Å². The highest BCUT2D eigenvalue weighted by atomic mass is 16.6. The molecule has 2 rings (SSSR count). The molecule has 0 aliphatic carbocycles. The second-order valence-electron chi connectivity index (χ2n) is 4.33. The molecule has 0 aliphatic heterocycles. The van der Waals surface area contributed by atoms with E-state index in [-0.39, 0.29) is 5.69 Å². The predicted octanol–water partition coefficient (Wildman–Crippen LogP) is 3.24. The molecule has 0 radical (unpaired) electrons. The van der Waals surface area contributed by atoms with Crippen LogP contribution in [0.25, 0.3) is 0 Å². The summed E-state index contributed by atoms with van der Waals surface area (Å²) >= 11 is 0. The van der Waals surface area contributed by atoms with Gasteiger partial charge in [-0.05, 0) is 30.3 Å². The third-order valence-electron chi connectivity index (χ3n) is 3.10. The number of benzene rings is 2. The Morgan fingerprint density at radius 1 is 1.29 bits per heavy atom. The number of hydrogen-bond acceptors (Lipinski definition) is 5. The van der Waals surface area contributed by atoms with Crippen LogP contribution in [0.2, 0.25) is 0 Å². The van der Waals surface area contributed by atoms with Gasteiger partial charge in [0.1, 0.15) is 11.4 Å². The summed E-state index contributed by atoms with van der Waals surface area (Å²) in [5, 5.41) is 20.2. The Morgan fingerprint density at radius 3 is 2.67 bits per heavy atom. The largest absolute Gasteiger partial charge is 0.496 e. The molecule has 106 valence electrons. The van der Waals surface area contributed by atoms with Crippen molar-refractivity contribution in [3.05, 3.63) is 58.1 Å². The zero-order valence-corrected chi connectivity index (χ0v) is 11.6. The van der Waals surface area contributed by atoms with Crippen LogP contribution in [-0.4, -0.2) is 19.1 Å². The summed E-state index contributed by atoms with van der Waals surface area (Å²) < 4.78 is 5.02. The molecular formula is C15H13N3O3. The number of methoxy groups -OCH3 is 1. The van der Waals surface area contributed by atoms with E-state index in [0.29, 0.717) is 22.7 Å². The molecule has 2 aromatic rings. The summed E-state index contributed by atoms with van der Waals surface area (Å²) in [4.78, 5) is 12.4. The highest BCUT2D eigenvalue weighted by Gasteiger charge is 2.19. The molecule has 0 unspecified atom stereocenters. The van der Waals surface area contributed by atoms with Gasteiger partial charge in [-0.2, -0.15) is 5.26 Å². The Kier molecular flexibility index (Phi) is 4.05. The number of hydrogen-bond donors (Lipinski definition) is 0. The van der Waals surface area contributed by atoms with Crippen LogP contribution in [0, 0.1) is 21.4 Å². The monoisotopic (exact) mass is 283 g/mol. The molecule has 0 aliphatic rings. The molecule has 0 N–H and O–H groups in total. The van der Waals surface area contributed by atoms with Gasteiger partial charge in [0.05, 0.1) is 29.7 Å². The van der Waals surface area contributed by atoms with Gasteiger partial charge in [0.2, 0.25) is 0 Å². The standard InChI is InChI=1S/C15H13N3O3/c1-17(12-5-3-4-11(8-12)10-16)14-7-6-13(21-2)9-15(14)18(19)20/h3-9H,1-2H3. The molecule has 0 bridgehead atoms. The lowest BCUT2D eigenvalue weighted by atomic mass is 10.1. The van der Waals surface area contributed by atoms with Crippen molar-refractivity contribution in [3.8, 4) is 11.8 Å². The van der Waals surface area contributed by atoms with E-state index in [1.165, 1.54) is 13.2 Å². The van der Waals surface area contributed by atoms with Crippen LogP contribution >= 0.6 is 0 Å². The van der Waals surface area contributed by atoms with Gasteiger partial charge in [0.25, 0.3) is 5.69 Å². The van der Waals surface area contributed by atoms with Crippen molar-refractivity contribution in [1.82, 2.24) is 0 Å². The van der Waals surface area contributed by atoms with E-state index in [1.54, 1.807) is 48.3 Å². The molecule has 0 saturated heterocycles. The zero-order valence-electron chi connectivity index (χ0n) is 11.6. The third-order valence-corrected chi connectivity index (χ3v) is 3.10. The Labute approximate surface area is 122 Å². The van der Waals surface area contributed by atoms with Crippen LogP contribution in [0.15, 0.2) is 42.5 Å². The first-order chi connectivity index (χ1) is 10.1. The van der Waals surface area contributed by atoms with Crippen LogP contribution in [0.5, 0.6) is 5.75 Å². The SMILES string of the molecule is COc1ccc(N(C)c2cccc(C#N)c2)c([N+](=O)[O-])c1. The number of nitro groups is 1. The molecule has 0 fully saturated rings. The Morgan fingerprint density at radius 2 is 2.05 bits per heavy atom. The number of anilines is 2. The molecular weight excluding hydrogens is 270 g/mol. The minimum Gasteiger partial charge on any atom is -0.496 e. The van der Waals surface area contributed by atoms with Crippen molar-refractivity contribution < 1.29 is 9.66 Å². The lowest BCUT2D eigenvalue weighted by Crippen LogP contribution is -2.11. The first-order valence-corrected chi connectivity index (χ1v) is 6.13. The van der Waals surface area contributed by atoms with Crippen LogP contribution in [-0.2, 0) is 0 Å². The van der Waals surface area contributed by atoms with Crippen molar-refractivity contribution in [2.24, 2.45) is 0 Å². The summed E-state index contributed by atoms with van der Waals surface area (Å²) in [6, 6.07) is 13.6. The molecule has 0 spiro atoms. The molecule has 0 heterocycles. The van der Waals surface area contributed by atoms with Gasteiger partial charge < -0.3 is 9.64 Å². The predicted molar refractivity (Wildman–Crippen MR) is 78.9 cm³/mol. The number of nitro benzene ring substituents is 1. The second kappa shape index (κ2) is 5.92. The average molecular weight is 283 g/mol. The van der Waals surface area contributed by atoms with Gasteiger partial charge in [-0.3, -0.25) is 10.1 Å². The summed E-state index contributed by atoms with van der Waals surface area (Å²) in [5.74, 6) is 0.421. The van der Waals surface area contributed by atoms with Crippen molar-refractivity contribution in [1.29, 1.82) is 5.26 Å². The van der Waals surface area contributed by atoms with E-state index in [2.05, 4.69) is 0 Å². The maximum Gasteiger partial charge on any atom is 0.296 e. The Balaban J connectivity index is 2.49. The van der Waals surface area contributed by atoms with E-state index in [9.17, 15) is 10.1 Å². The van der Waals surface area contributed by atoms with Gasteiger partial charge in [0.15, 0.2) is 0 Å². The number of ether oxygens (including phenoxy) is 1. The van der Waals surface area contributed by atoms with Gasteiger partial charge in [-0.1, -0.05) is 6.07 Å². The fourth-order valence-corrected chi connectivity index (χ4v) is 1.98. The first-order valence-electron chi connectivity index (χ1n) is 6.13. The summed E-state index contributed by atoms with van der Waals surface area (Å²) in [6.07, 6.45) is 0. The van der Waals surface area contributed by atoms with E-state index < -0.39 is 4.92 Å². The maximum atomic E-state index is 11.2. The minimum absolute atomic E-state index is 0.0563. The average Bonchev–Trinajstić information content (AvgIpc) is 2.53. The molecule has 6 nitrogen and oxygen atoms in total. The molecule has 0 aromatic heterocycles. The molecule has 21 heavy (non-hydrogen) atoms. The van der Waals surface area contributed by atoms with Gasteiger partial charge in [-0.25, -0.2) is 0 Å². The molecule has 0 amide bonds. The second-order valence-corrected chi connectivity index (χ2v) is 4.33. The van der Waals surface area contributed by atoms with E-state index in [1.807, 2.05) is 6.07 Å². The third kappa shape index (κ3) is 2.92. The van der Waals surface area contributed by atoms with Crippen LogP contribution in [0.3, 0.4) is 0 Å². The van der Waals surface area contributed by atoms with Gasteiger partial charge in [0, 0.05) is 12.7 Å². The van der Waals surface area contributed by atoms with Crippen molar-refractivity contribution in [2.75, 3.05) is 19.1 Å². The van der Waals surface area contributed by atoms with Crippen molar-refractivity contribution in [3.63, 3.8) is 0 Å². The number of rotatable bonds is 4. The summed E-state index contributed by atoms with van der Waals surface area (Å²) in [7, 11) is 3.17. The van der Waals surface area contributed by atoms with E-state index in [0.717, 1.165) is 0 Å². The van der Waals surface area contributed by atoms with Crippen LogP contribution in [0.1, 0.15) is 5.56 Å². The van der Waals surface area contributed by atoms with Crippen LogP contribution in [0.4, 0.5) is 17.1 Å². The van der Waals surface area contributed by atoms with Gasteiger partial charge in [-0.15, -0.1) is 0 Å². The molecule has 0 saturated carbocycles. The fraction of sp³-hybridized carbons (Fsp3) is 0.133. The molecule has 6 heteroatoms. The summed E-state index contributed by atoms with van der Waals surface area (Å²) in [5.41, 5.74) is 1.56. The Hall–Kier alpha value is -3.07. The highest BCUT2D eigenvalue weighted by Crippen LogP contribution is 2.35. The number of nitrogens with zero attached hydrogens (tertiary/aromatic N) is 3. The fourth-order valence-electron chi connectivity index (χ4n) is 1.98. The minimum atomic E-state index is -0.456. The molecule has 0 atom stereocenters. The lowest BCUT2D eigenvalue weighted by Gasteiger charge is -2.19. The topological polar surface area (TPSA) is 79.4 Å². The lowest BCUT2D eigenvalue weighted by molar-refractivity contribution is -0.384. The first kappa shape index (κ1) is 14.3. The summed E-state index contributed by atoms with van der Waals surface area (Å²) in [6.45, 7) is 0. The molecule has 2 aromatic carbocycles. The van der Waals surface area contributed by atoms with Crippen molar-refractivity contribution in [2.45, 2.75) is 0 Å². The zero-order chi connectivity index (χ0) is 15.4. The van der Waals surface area contributed by atoms with Crippen LogP contribution < -0.4 is 9.64 Å². The normalized spacial score (nSPS) is 9.76. The van der Waals surface area contributed by atoms with E-state index in [4.69, 9.17) is 10.00 Å². The Bertz CT molecular complexity index is 722. The number of nitriles is 1. The quantitative estimate of drug-likeness (QED) is 0.635.